The third-order valence-corrected chi connectivity index (χ3v) is 3.22. The number of carboxylic acids is 1. The lowest BCUT2D eigenvalue weighted by Crippen LogP contribution is -2.27. The van der Waals surface area contributed by atoms with Crippen molar-refractivity contribution in [2.45, 2.75) is 26.0 Å². The number of amides is 1. The molecule has 5 heteroatoms. The molecular formula is C18H18NO4-. The van der Waals surface area contributed by atoms with Crippen molar-refractivity contribution in [3.63, 3.8) is 0 Å². The second-order valence-electron chi connectivity index (χ2n) is 5.07. The Bertz CT molecular complexity index is 638. The molecule has 0 saturated carbocycles. The second-order valence-corrected chi connectivity index (χ2v) is 5.07. The maximum absolute atomic E-state index is 11.4. The van der Waals surface area contributed by atoms with Crippen molar-refractivity contribution in [3.05, 3.63) is 65.7 Å². The molecule has 0 aliphatic heterocycles. The third kappa shape index (κ3) is 6.22. The lowest BCUT2D eigenvalue weighted by atomic mass is 10.2. The van der Waals surface area contributed by atoms with Gasteiger partial charge in [-0.2, -0.15) is 0 Å². The van der Waals surface area contributed by atoms with Crippen molar-refractivity contribution in [2.24, 2.45) is 0 Å². The van der Waals surface area contributed by atoms with E-state index in [1.54, 1.807) is 0 Å². The van der Waals surface area contributed by atoms with Crippen LogP contribution in [0.5, 0.6) is 5.75 Å². The highest BCUT2D eigenvalue weighted by Crippen LogP contribution is 2.14. The molecule has 0 heterocycles. The summed E-state index contributed by atoms with van der Waals surface area (Å²) in [7, 11) is 0. The predicted molar refractivity (Wildman–Crippen MR) is 83.3 cm³/mol. The first kappa shape index (κ1) is 16.5. The molecule has 0 atom stereocenters. The molecule has 23 heavy (non-hydrogen) atoms. The highest BCUT2D eigenvalue weighted by molar-refractivity contribution is 5.79. The van der Waals surface area contributed by atoms with Crippen LogP contribution in [0.4, 0.5) is 0 Å². The van der Waals surface area contributed by atoms with E-state index in [9.17, 15) is 14.7 Å². The number of rotatable bonds is 8. The molecule has 2 aromatic carbocycles. The zero-order valence-corrected chi connectivity index (χ0v) is 12.7. The van der Waals surface area contributed by atoms with Crippen molar-refractivity contribution in [1.82, 2.24) is 5.32 Å². The molecule has 0 unspecified atom stereocenters. The van der Waals surface area contributed by atoms with Crippen molar-refractivity contribution in [2.75, 3.05) is 0 Å². The van der Waals surface area contributed by atoms with Gasteiger partial charge in [-0.15, -0.1) is 0 Å². The van der Waals surface area contributed by atoms with Gasteiger partial charge >= 0.3 is 0 Å². The Hall–Kier alpha value is -2.82. The van der Waals surface area contributed by atoms with E-state index >= 15 is 0 Å². The smallest absolute Gasteiger partial charge is 0.220 e. The van der Waals surface area contributed by atoms with Crippen molar-refractivity contribution in [1.29, 1.82) is 0 Å². The van der Waals surface area contributed by atoms with Crippen LogP contribution in [-0.4, -0.2) is 11.9 Å². The van der Waals surface area contributed by atoms with Gasteiger partial charge in [0.2, 0.25) is 5.91 Å². The maximum Gasteiger partial charge on any atom is 0.220 e. The highest BCUT2D eigenvalue weighted by Gasteiger charge is 2.02. The molecule has 120 valence electrons. The minimum atomic E-state index is -1.22. The summed E-state index contributed by atoms with van der Waals surface area (Å²) < 4.78 is 5.68. The number of carboxylic acid groups (broad SMARTS) is 1. The molecule has 0 bridgehead atoms. The molecular weight excluding hydrogens is 294 g/mol. The zero-order chi connectivity index (χ0) is 16.5. The van der Waals surface area contributed by atoms with Gasteiger partial charge in [0, 0.05) is 18.9 Å². The van der Waals surface area contributed by atoms with Crippen LogP contribution in [-0.2, 0) is 22.7 Å². The van der Waals surface area contributed by atoms with Crippen molar-refractivity contribution >= 4 is 11.9 Å². The lowest BCUT2D eigenvalue weighted by Gasteiger charge is -2.08. The van der Waals surface area contributed by atoms with Gasteiger partial charge in [-0.1, -0.05) is 42.5 Å². The highest BCUT2D eigenvalue weighted by atomic mass is 16.5. The molecule has 0 spiro atoms. The van der Waals surface area contributed by atoms with Gasteiger partial charge in [-0.05, 0) is 29.7 Å². The molecule has 5 nitrogen and oxygen atoms in total. The summed E-state index contributed by atoms with van der Waals surface area (Å²) in [5.41, 5.74) is 2.01. The summed E-state index contributed by atoms with van der Waals surface area (Å²) in [4.78, 5) is 21.7. The summed E-state index contributed by atoms with van der Waals surface area (Å²) in [5.74, 6) is -0.778. The molecule has 1 N–H and O–H groups in total. The summed E-state index contributed by atoms with van der Waals surface area (Å²) in [5, 5.41) is 12.9. The monoisotopic (exact) mass is 312 g/mol. The van der Waals surface area contributed by atoms with Crippen LogP contribution in [0.15, 0.2) is 54.6 Å². The summed E-state index contributed by atoms with van der Waals surface area (Å²) in [6.45, 7) is 0.852. The fraction of sp³-hybridized carbons (Fsp3) is 0.222. The Kier molecular flexibility index (Phi) is 6.17. The third-order valence-electron chi connectivity index (χ3n) is 3.22. The fourth-order valence-electron chi connectivity index (χ4n) is 1.95. The number of carbonyl (C=O) groups is 2. The Morgan fingerprint density at radius 2 is 1.61 bits per heavy atom. The van der Waals surface area contributed by atoms with Crippen LogP contribution in [0.1, 0.15) is 24.0 Å². The SMILES string of the molecule is O=C([O-])CCC(=O)NCc1ccc(OCc2ccccc2)cc1. The summed E-state index contributed by atoms with van der Waals surface area (Å²) in [6, 6.07) is 17.3. The Morgan fingerprint density at radius 3 is 2.26 bits per heavy atom. The Balaban J connectivity index is 1.76. The van der Waals surface area contributed by atoms with Gasteiger partial charge in [0.05, 0.1) is 0 Å². The second kappa shape index (κ2) is 8.58. The van der Waals surface area contributed by atoms with Gasteiger partial charge < -0.3 is 20.0 Å². The number of hydrogen-bond donors (Lipinski definition) is 1. The minimum Gasteiger partial charge on any atom is -0.550 e. The van der Waals surface area contributed by atoms with Gasteiger partial charge in [-0.25, -0.2) is 0 Å². The van der Waals surface area contributed by atoms with Crippen LogP contribution in [0.2, 0.25) is 0 Å². The average Bonchev–Trinajstić information content (AvgIpc) is 2.58. The van der Waals surface area contributed by atoms with E-state index in [0.29, 0.717) is 13.2 Å². The first-order chi connectivity index (χ1) is 11.1. The van der Waals surface area contributed by atoms with Gasteiger partial charge in [-0.3, -0.25) is 4.79 Å². The van der Waals surface area contributed by atoms with Crippen molar-refractivity contribution < 1.29 is 19.4 Å². The summed E-state index contributed by atoms with van der Waals surface area (Å²) >= 11 is 0. The van der Waals surface area contributed by atoms with E-state index in [4.69, 9.17) is 4.74 Å². The Labute approximate surface area is 134 Å². The van der Waals surface area contributed by atoms with Gasteiger partial charge in [0.1, 0.15) is 12.4 Å². The van der Waals surface area contributed by atoms with E-state index in [-0.39, 0.29) is 18.7 Å². The van der Waals surface area contributed by atoms with E-state index < -0.39 is 5.97 Å². The van der Waals surface area contributed by atoms with Crippen LogP contribution in [0.25, 0.3) is 0 Å². The number of carbonyl (C=O) groups excluding carboxylic acids is 2. The predicted octanol–water partition coefficient (Wildman–Crippen LogP) is 1.41. The summed E-state index contributed by atoms with van der Waals surface area (Å²) in [6.07, 6.45) is -0.335. The first-order valence-corrected chi connectivity index (χ1v) is 7.35. The molecule has 0 fully saturated rings. The lowest BCUT2D eigenvalue weighted by molar-refractivity contribution is -0.305. The van der Waals surface area contributed by atoms with Crippen LogP contribution < -0.4 is 15.2 Å². The molecule has 1 amide bonds. The van der Waals surface area contributed by atoms with Gasteiger partial charge in [0.25, 0.3) is 0 Å². The maximum atomic E-state index is 11.4. The van der Waals surface area contributed by atoms with Crippen LogP contribution in [0, 0.1) is 0 Å². The fourth-order valence-corrected chi connectivity index (χ4v) is 1.95. The van der Waals surface area contributed by atoms with E-state index in [1.165, 1.54) is 0 Å². The van der Waals surface area contributed by atoms with Crippen LogP contribution in [0.3, 0.4) is 0 Å². The normalized spacial score (nSPS) is 10.1. The van der Waals surface area contributed by atoms with E-state index in [0.717, 1.165) is 16.9 Å². The molecule has 2 aromatic rings. The number of benzene rings is 2. The topological polar surface area (TPSA) is 78.5 Å². The molecule has 0 aromatic heterocycles. The zero-order valence-electron chi connectivity index (χ0n) is 12.7. The largest absolute Gasteiger partial charge is 0.550 e. The number of nitrogens with one attached hydrogen (secondary N) is 1. The first-order valence-electron chi connectivity index (χ1n) is 7.35. The standard InChI is InChI=1S/C18H19NO4/c20-17(10-11-18(21)22)19-12-14-6-8-16(9-7-14)23-13-15-4-2-1-3-5-15/h1-9H,10-13H2,(H,19,20)(H,21,22)/p-1. The average molecular weight is 312 g/mol. The number of aliphatic carboxylic acids is 1. The van der Waals surface area contributed by atoms with Crippen LogP contribution >= 0.6 is 0 Å². The van der Waals surface area contributed by atoms with E-state index in [1.807, 2.05) is 54.6 Å². The number of hydrogen-bond acceptors (Lipinski definition) is 4. The number of ether oxygens (including phenoxy) is 1. The Morgan fingerprint density at radius 1 is 0.913 bits per heavy atom. The minimum absolute atomic E-state index is 0.0688. The molecule has 2 rings (SSSR count). The molecule has 0 aliphatic rings. The molecule has 0 aliphatic carbocycles. The molecule has 0 saturated heterocycles. The van der Waals surface area contributed by atoms with E-state index in [2.05, 4.69) is 5.32 Å². The molecule has 0 radical (unpaired) electrons. The quantitative estimate of drug-likeness (QED) is 0.799. The van der Waals surface area contributed by atoms with Gasteiger partial charge in [0.15, 0.2) is 0 Å². The van der Waals surface area contributed by atoms with Crippen molar-refractivity contribution in [3.8, 4) is 5.75 Å².